The van der Waals surface area contributed by atoms with Crippen LogP contribution in [0.3, 0.4) is 0 Å². The van der Waals surface area contributed by atoms with E-state index in [1.165, 1.54) is 0 Å². The Bertz CT molecular complexity index is 593. The summed E-state index contributed by atoms with van der Waals surface area (Å²) in [6, 6.07) is 14.1. The summed E-state index contributed by atoms with van der Waals surface area (Å²) in [6.45, 7) is 1.01. The van der Waals surface area contributed by atoms with Crippen LogP contribution in [0, 0.1) is 0 Å². The Hall–Kier alpha value is -2.53. The Morgan fingerprint density at radius 1 is 0.909 bits per heavy atom. The first-order chi connectivity index (χ1) is 10.7. The van der Waals surface area contributed by atoms with E-state index in [1.54, 1.807) is 62.8 Å². The van der Waals surface area contributed by atoms with Gasteiger partial charge in [0.05, 0.1) is 13.7 Å². The fourth-order valence-corrected chi connectivity index (χ4v) is 1.82. The zero-order chi connectivity index (χ0) is 15.8. The smallest absolute Gasteiger partial charge is 0.255 e. The van der Waals surface area contributed by atoms with Crippen LogP contribution >= 0.6 is 0 Å². The average molecular weight is 301 g/mol. The van der Waals surface area contributed by atoms with Crippen molar-refractivity contribution in [1.82, 2.24) is 0 Å². The predicted molar refractivity (Wildman–Crippen MR) is 84.8 cm³/mol. The van der Waals surface area contributed by atoms with Gasteiger partial charge in [0.25, 0.3) is 5.91 Å². The van der Waals surface area contributed by atoms with E-state index in [-0.39, 0.29) is 5.91 Å². The summed E-state index contributed by atoms with van der Waals surface area (Å²) in [5.41, 5.74) is 1.28. The first kappa shape index (κ1) is 15.9. The predicted octanol–water partition coefficient (Wildman–Crippen LogP) is 2.97. The summed E-state index contributed by atoms with van der Waals surface area (Å²) in [4.78, 5) is 12.1. The normalized spacial score (nSPS) is 10.1. The number of benzene rings is 2. The monoisotopic (exact) mass is 301 g/mol. The zero-order valence-electron chi connectivity index (χ0n) is 12.7. The van der Waals surface area contributed by atoms with E-state index in [1.807, 2.05) is 0 Å². The standard InChI is InChI=1S/C17H19NO4/c1-20-11-12-22-16-7-3-13(4-8-16)17(19)18-14-5-9-15(21-2)10-6-14/h3-10H,11-12H2,1-2H3,(H,18,19). The Morgan fingerprint density at radius 3 is 2.14 bits per heavy atom. The SMILES string of the molecule is COCCOc1ccc(C(=O)Nc2ccc(OC)cc2)cc1. The van der Waals surface area contributed by atoms with Gasteiger partial charge in [-0.2, -0.15) is 0 Å². The molecule has 0 unspecified atom stereocenters. The van der Waals surface area contributed by atoms with Crippen molar-refractivity contribution in [3.05, 3.63) is 54.1 Å². The van der Waals surface area contributed by atoms with Crippen LogP contribution < -0.4 is 14.8 Å². The maximum atomic E-state index is 12.1. The van der Waals surface area contributed by atoms with Gasteiger partial charge in [0.2, 0.25) is 0 Å². The van der Waals surface area contributed by atoms with Gasteiger partial charge in [-0.3, -0.25) is 4.79 Å². The summed E-state index contributed by atoms with van der Waals surface area (Å²) in [7, 11) is 3.22. The number of carbonyl (C=O) groups excluding carboxylic acids is 1. The number of nitrogens with one attached hydrogen (secondary N) is 1. The molecule has 22 heavy (non-hydrogen) atoms. The molecule has 0 saturated carbocycles. The highest BCUT2D eigenvalue weighted by molar-refractivity contribution is 6.04. The first-order valence-corrected chi connectivity index (χ1v) is 6.90. The summed E-state index contributed by atoms with van der Waals surface area (Å²) >= 11 is 0. The van der Waals surface area contributed by atoms with E-state index < -0.39 is 0 Å². The molecular formula is C17H19NO4. The van der Waals surface area contributed by atoms with E-state index in [0.29, 0.717) is 30.2 Å². The first-order valence-electron chi connectivity index (χ1n) is 6.90. The zero-order valence-corrected chi connectivity index (χ0v) is 12.7. The van der Waals surface area contributed by atoms with Crippen molar-refractivity contribution < 1.29 is 19.0 Å². The number of methoxy groups -OCH3 is 2. The second-order valence-electron chi connectivity index (χ2n) is 4.55. The molecule has 0 atom stereocenters. The van der Waals surface area contributed by atoms with Gasteiger partial charge in [0.1, 0.15) is 18.1 Å². The van der Waals surface area contributed by atoms with Gasteiger partial charge in [-0.1, -0.05) is 0 Å². The van der Waals surface area contributed by atoms with Crippen LogP contribution in [-0.2, 0) is 4.74 Å². The van der Waals surface area contributed by atoms with Crippen molar-refractivity contribution in [2.75, 3.05) is 32.8 Å². The van der Waals surface area contributed by atoms with E-state index in [9.17, 15) is 4.79 Å². The molecule has 0 saturated heterocycles. The molecule has 0 radical (unpaired) electrons. The fraction of sp³-hybridized carbons (Fsp3) is 0.235. The van der Waals surface area contributed by atoms with Crippen molar-refractivity contribution in [3.63, 3.8) is 0 Å². The average Bonchev–Trinajstić information content (AvgIpc) is 2.56. The lowest BCUT2D eigenvalue weighted by Gasteiger charge is -2.08. The largest absolute Gasteiger partial charge is 0.497 e. The van der Waals surface area contributed by atoms with Gasteiger partial charge in [0, 0.05) is 18.4 Å². The molecule has 5 heteroatoms. The molecule has 1 N–H and O–H groups in total. The van der Waals surface area contributed by atoms with Crippen LogP contribution in [0.25, 0.3) is 0 Å². The number of hydrogen-bond acceptors (Lipinski definition) is 4. The summed E-state index contributed by atoms with van der Waals surface area (Å²) in [6.07, 6.45) is 0. The van der Waals surface area contributed by atoms with E-state index in [0.717, 1.165) is 5.75 Å². The lowest BCUT2D eigenvalue weighted by atomic mass is 10.2. The molecule has 116 valence electrons. The van der Waals surface area contributed by atoms with Crippen LogP contribution in [0.2, 0.25) is 0 Å². The van der Waals surface area contributed by atoms with Crippen molar-refractivity contribution in [1.29, 1.82) is 0 Å². The highest BCUT2D eigenvalue weighted by Gasteiger charge is 2.06. The van der Waals surface area contributed by atoms with Gasteiger partial charge >= 0.3 is 0 Å². The second-order valence-corrected chi connectivity index (χ2v) is 4.55. The Morgan fingerprint density at radius 2 is 1.55 bits per heavy atom. The van der Waals surface area contributed by atoms with Gasteiger partial charge in [0.15, 0.2) is 0 Å². The molecule has 2 rings (SSSR count). The highest BCUT2D eigenvalue weighted by Crippen LogP contribution is 2.17. The van der Waals surface area contributed by atoms with E-state index >= 15 is 0 Å². The van der Waals surface area contributed by atoms with E-state index in [4.69, 9.17) is 14.2 Å². The molecule has 0 aliphatic heterocycles. The van der Waals surface area contributed by atoms with Gasteiger partial charge in [-0.05, 0) is 48.5 Å². The Balaban J connectivity index is 1.94. The molecule has 2 aromatic rings. The van der Waals surface area contributed by atoms with Crippen molar-refractivity contribution in [3.8, 4) is 11.5 Å². The third kappa shape index (κ3) is 4.49. The van der Waals surface area contributed by atoms with Crippen LogP contribution in [0.4, 0.5) is 5.69 Å². The van der Waals surface area contributed by atoms with Crippen LogP contribution in [0.5, 0.6) is 11.5 Å². The van der Waals surface area contributed by atoms with Crippen molar-refractivity contribution in [2.24, 2.45) is 0 Å². The molecule has 2 aromatic carbocycles. The molecule has 5 nitrogen and oxygen atoms in total. The highest BCUT2D eigenvalue weighted by atomic mass is 16.5. The maximum Gasteiger partial charge on any atom is 0.255 e. The van der Waals surface area contributed by atoms with Crippen molar-refractivity contribution >= 4 is 11.6 Å². The minimum Gasteiger partial charge on any atom is -0.497 e. The van der Waals surface area contributed by atoms with Gasteiger partial charge in [-0.15, -0.1) is 0 Å². The molecule has 0 fully saturated rings. The molecule has 0 bridgehead atoms. The maximum absolute atomic E-state index is 12.1. The third-order valence-electron chi connectivity index (χ3n) is 3.02. The minimum atomic E-state index is -0.173. The molecule has 0 spiro atoms. The Labute approximate surface area is 129 Å². The molecule has 0 aliphatic carbocycles. The number of ether oxygens (including phenoxy) is 3. The molecular weight excluding hydrogens is 282 g/mol. The van der Waals surface area contributed by atoms with Crippen LogP contribution in [0.1, 0.15) is 10.4 Å². The Kier molecular flexibility index (Phi) is 5.80. The summed E-state index contributed by atoms with van der Waals surface area (Å²) in [5.74, 6) is 1.28. The summed E-state index contributed by atoms with van der Waals surface area (Å²) in [5, 5.41) is 2.83. The minimum absolute atomic E-state index is 0.173. The van der Waals surface area contributed by atoms with Crippen molar-refractivity contribution in [2.45, 2.75) is 0 Å². The molecule has 0 aromatic heterocycles. The van der Waals surface area contributed by atoms with Gasteiger partial charge < -0.3 is 19.5 Å². The quantitative estimate of drug-likeness (QED) is 0.799. The lowest BCUT2D eigenvalue weighted by Crippen LogP contribution is -2.11. The number of amides is 1. The molecule has 0 aliphatic rings. The summed E-state index contributed by atoms with van der Waals surface area (Å²) < 4.78 is 15.4. The van der Waals surface area contributed by atoms with Crippen LogP contribution in [0.15, 0.2) is 48.5 Å². The number of carbonyl (C=O) groups is 1. The van der Waals surface area contributed by atoms with Gasteiger partial charge in [-0.25, -0.2) is 0 Å². The lowest BCUT2D eigenvalue weighted by molar-refractivity contribution is 0.102. The van der Waals surface area contributed by atoms with E-state index in [2.05, 4.69) is 5.32 Å². The van der Waals surface area contributed by atoms with Crippen LogP contribution in [-0.4, -0.2) is 33.3 Å². The molecule has 0 heterocycles. The number of hydrogen-bond donors (Lipinski definition) is 1. The third-order valence-corrected chi connectivity index (χ3v) is 3.02. The second kappa shape index (κ2) is 8.05. The fourth-order valence-electron chi connectivity index (χ4n) is 1.82. The molecule has 1 amide bonds. The number of anilines is 1. The topological polar surface area (TPSA) is 56.8 Å². The number of rotatable bonds is 7.